The molecule has 114 valence electrons. The van der Waals surface area contributed by atoms with Crippen molar-refractivity contribution in [2.75, 3.05) is 7.05 Å². The second-order valence-electron chi connectivity index (χ2n) is 5.39. The summed E-state index contributed by atoms with van der Waals surface area (Å²) in [6, 6.07) is 5.22. The van der Waals surface area contributed by atoms with Crippen LogP contribution in [0.4, 0.5) is 0 Å². The van der Waals surface area contributed by atoms with Crippen molar-refractivity contribution >= 4 is 10.0 Å². The summed E-state index contributed by atoms with van der Waals surface area (Å²) in [5.74, 6) is 0. The first-order valence-electron chi connectivity index (χ1n) is 6.74. The predicted molar refractivity (Wildman–Crippen MR) is 82.5 cm³/mol. The van der Waals surface area contributed by atoms with Crippen molar-refractivity contribution < 1.29 is 8.42 Å². The van der Waals surface area contributed by atoms with E-state index in [1.165, 1.54) is 4.31 Å². The van der Waals surface area contributed by atoms with Gasteiger partial charge < -0.3 is 0 Å². The molecule has 6 heteroatoms. The zero-order valence-corrected chi connectivity index (χ0v) is 13.9. The summed E-state index contributed by atoms with van der Waals surface area (Å²) in [6.07, 6.45) is 1.71. The van der Waals surface area contributed by atoms with Crippen molar-refractivity contribution in [1.29, 1.82) is 0 Å². The Morgan fingerprint density at radius 1 is 1.19 bits per heavy atom. The van der Waals surface area contributed by atoms with Gasteiger partial charge in [-0.2, -0.15) is 9.40 Å². The highest BCUT2D eigenvalue weighted by atomic mass is 32.2. The lowest BCUT2D eigenvalue weighted by Crippen LogP contribution is -2.26. The zero-order chi connectivity index (χ0) is 15.8. The van der Waals surface area contributed by atoms with Crippen molar-refractivity contribution in [2.24, 2.45) is 7.05 Å². The maximum atomic E-state index is 12.6. The molecule has 0 amide bonds. The number of aryl methyl sites for hydroxylation is 3. The fraction of sp³-hybridized carbons (Fsp3) is 0.400. The van der Waals surface area contributed by atoms with Gasteiger partial charge in [0.15, 0.2) is 0 Å². The standard InChI is InChI=1S/C15H21N3O2S/c1-11-6-7-15(8-12(11)2)21(19,20)17(4)10-14-9-16-18(5)13(14)3/h6-9H,10H2,1-5H3. The SMILES string of the molecule is Cc1ccc(S(=O)(=O)N(C)Cc2cnn(C)c2C)cc1C. The fourth-order valence-electron chi connectivity index (χ4n) is 2.08. The first-order chi connectivity index (χ1) is 9.73. The number of rotatable bonds is 4. The molecule has 0 saturated carbocycles. The lowest BCUT2D eigenvalue weighted by Gasteiger charge is -2.17. The molecular formula is C15H21N3O2S. The zero-order valence-electron chi connectivity index (χ0n) is 13.1. The van der Waals surface area contributed by atoms with E-state index in [1.807, 2.05) is 33.9 Å². The highest BCUT2D eigenvalue weighted by molar-refractivity contribution is 7.89. The van der Waals surface area contributed by atoms with Gasteiger partial charge in [-0.25, -0.2) is 8.42 Å². The molecule has 0 unspecified atom stereocenters. The Morgan fingerprint density at radius 2 is 1.86 bits per heavy atom. The monoisotopic (exact) mass is 307 g/mol. The van der Waals surface area contributed by atoms with Gasteiger partial charge in [0.1, 0.15) is 0 Å². The molecule has 0 aliphatic rings. The molecule has 0 bridgehead atoms. The number of sulfonamides is 1. The van der Waals surface area contributed by atoms with E-state index in [2.05, 4.69) is 5.10 Å². The van der Waals surface area contributed by atoms with Gasteiger partial charge in [-0.1, -0.05) is 6.07 Å². The molecular weight excluding hydrogens is 286 g/mol. The van der Waals surface area contributed by atoms with Crippen LogP contribution in [0.3, 0.4) is 0 Å². The van der Waals surface area contributed by atoms with Crippen molar-refractivity contribution in [2.45, 2.75) is 32.2 Å². The Labute approximate surface area is 126 Å². The molecule has 0 aliphatic heterocycles. The molecule has 2 aromatic rings. The number of aromatic nitrogens is 2. The van der Waals surface area contributed by atoms with Crippen LogP contribution < -0.4 is 0 Å². The van der Waals surface area contributed by atoms with E-state index in [4.69, 9.17) is 0 Å². The molecule has 0 atom stereocenters. The molecule has 21 heavy (non-hydrogen) atoms. The Balaban J connectivity index is 2.30. The summed E-state index contributed by atoms with van der Waals surface area (Å²) in [5, 5.41) is 4.14. The predicted octanol–water partition coefficient (Wildman–Crippen LogP) is 2.17. The van der Waals surface area contributed by atoms with Gasteiger partial charge in [0.25, 0.3) is 0 Å². The number of benzene rings is 1. The van der Waals surface area contributed by atoms with E-state index < -0.39 is 10.0 Å². The normalized spacial score (nSPS) is 12.1. The molecule has 0 N–H and O–H groups in total. The molecule has 0 saturated heterocycles. The minimum Gasteiger partial charge on any atom is -0.273 e. The smallest absolute Gasteiger partial charge is 0.243 e. The summed E-state index contributed by atoms with van der Waals surface area (Å²) in [6.45, 7) is 6.13. The topological polar surface area (TPSA) is 55.2 Å². The van der Waals surface area contributed by atoms with Crippen LogP contribution in [0, 0.1) is 20.8 Å². The quantitative estimate of drug-likeness (QED) is 0.870. The summed E-state index contributed by atoms with van der Waals surface area (Å²) in [7, 11) is -0.0495. The highest BCUT2D eigenvalue weighted by Gasteiger charge is 2.22. The first kappa shape index (κ1) is 15.7. The molecule has 1 aromatic carbocycles. The maximum absolute atomic E-state index is 12.6. The van der Waals surface area contributed by atoms with E-state index in [0.29, 0.717) is 11.4 Å². The average molecular weight is 307 g/mol. The fourth-order valence-corrected chi connectivity index (χ4v) is 3.31. The van der Waals surface area contributed by atoms with Crippen LogP contribution in [0.15, 0.2) is 29.3 Å². The van der Waals surface area contributed by atoms with Crippen LogP contribution in [-0.4, -0.2) is 29.6 Å². The van der Waals surface area contributed by atoms with Gasteiger partial charge in [0.05, 0.1) is 11.1 Å². The van der Waals surface area contributed by atoms with E-state index in [9.17, 15) is 8.42 Å². The van der Waals surface area contributed by atoms with Gasteiger partial charge in [0.2, 0.25) is 10.0 Å². The van der Waals surface area contributed by atoms with Gasteiger partial charge in [-0.15, -0.1) is 0 Å². The average Bonchev–Trinajstić information content (AvgIpc) is 2.73. The van der Waals surface area contributed by atoms with Crippen molar-refractivity contribution in [3.63, 3.8) is 0 Å². The van der Waals surface area contributed by atoms with Crippen LogP contribution >= 0.6 is 0 Å². The lowest BCUT2D eigenvalue weighted by molar-refractivity contribution is 0.465. The molecule has 0 radical (unpaired) electrons. The molecule has 1 heterocycles. The van der Waals surface area contributed by atoms with E-state index in [0.717, 1.165) is 22.4 Å². The van der Waals surface area contributed by atoms with Crippen molar-refractivity contribution in [1.82, 2.24) is 14.1 Å². The van der Waals surface area contributed by atoms with E-state index in [-0.39, 0.29) is 0 Å². The molecule has 1 aromatic heterocycles. The van der Waals surface area contributed by atoms with Crippen molar-refractivity contribution in [3.05, 3.63) is 46.8 Å². The van der Waals surface area contributed by atoms with Crippen LogP contribution in [0.1, 0.15) is 22.4 Å². The molecule has 5 nitrogen and oxygen atoms in total. The van der Waals surface area contributed by atoms with Gasteiger partial charge in [-0.3, -0.25) is 4.68 Å². The highest BCUT2D eigenvalue weighted by Crippen LogP contribution is 2.20. The second-order valence-corrected chi connectivity index (χ2v) is 7.43. The van der Waals surface area contributed by atoms with Crippen LogP contribution in [0.5, 0.6) is 0 Å². The first-order valence-corrected chi connectivity index (χ1v) is 8.18. The van der Waals surface area contributed by atoms with E-state index >= 15 is 0 Å². The third-order valence-corrected chi connectivity index (χ3v) is 5.72. The summed E-state index contributed by atoms with van der Waals surface area (Å²) in [4.78, 5) is 0.328. The van der Waals surface area contributed by atoms with Gasteiger partial charge in [0, 0.05) is 31.9 Å². The van der Waals surface area contributed by atoms with Gasteiger partial charge in [-0.05, 0) is 44.0 Å². The summed E-state index contributed by atoms with van der Waals surface area (Å²) in [5.41, 5.74) is 3.94. The number of nitrogens with zero attached hydrogens (tertiary/aromatic N) is 3. The van der Waals surface area contributed by atoms with Crippen LogP contribution in [-0.2, 0) is 23.6 Å². The largest absolute Gasteiger partial charge is 0.273 e. The molecule has 0 spiro atoms. The van der Waals surface area contributed by atoms with Crippen LogP contribution in [0.2, 0.25) is 0 Å². The lowest BCUT2D eigenvalue weighted by atomic mass is 10.1. The molecule has 2 rings (SSSR count). The Hall–Kier alpha value is -1.66. The Bertz CT molecular complexity index is 763. The minimum atomic E-state index is -3.49. The van der Waals surface area contributed by atoms with Crippen LogP contribution in [0.25, 0.3) is 0 Å². The number of hydrogen-bond acceptors (Lipinski definition) is 3. The second kappa shape index (κ2) is 5.61. The maximum Gasteiger partial charge on any atom is 0.243 e. The molecule has 0 fully saturated rings. The Kier molecular flexibility index (Phi) is 4.20. The number of hydrogen-bond donors (Lipinski definition) is 0. The third kappa shape index (κ3) is 3.01. The van der Waals surface area contributed by atoms with Crippen molar-refractivity contribution in [3.8, 4) is 0 Å². The van der Waals surface area contributed by atoms with E-state index in [1.54, 1.807) is 30.1 Å². The summed E-state index contributed by atoms with van der Waals surface area (Å²) < 4.78 is 28.3. The van der Waals surface area contributed by atoms with Gasteiger partial charge >= 0.3 is 0 Å². The molecule has 0 aliphatic carbocycles. The summed E-state index contributed by atoms with van der Waals surface area (Å²) >= 11 is 0. The Morgan fingerprint density at radius 3 is 2.38 bits per heavy atom. The third-order valence-electron chi connectivity index (χ3n) is 3.92. The minimum absolute atomic E-state index is 0.314.